The minimum Gasteiger partial charge on any atom is -0.314 e. The van der Waals surface area contributed by atoms with Crippen LogP contribution in [0.4, 0.5) is 0 Å². The molecule has 3 rings (SSSR count). The summed E-state index contributed by atoms with van der Waals surface area (Å²) in [6.07, 6.45) is 0. The Morgan fingerprint density at radius 3 is 3.05 bits per heavy atom. The molecule has 1 saturated heterocycles. The van der Waals surface area contributed by atoms with E-state index in [1.54, 1.807) is 0 Å². The summed E-state index contributed by atoms with van der Waals surface area (Å²) in [6, 6.07) is 13.0. The lowest BCUT2D eigenvalue weighted by Gasteiger charge is -2.36. The van der Waals surface area contributed by atoms with Gasteiger partial charge in [0.1, 0.15) is 0 Å². The predicted molar refractivity (Wildman–Crippen MR) is 81.8 cm³/mol. The molecular weight excluding hydrogens is 276 g/mol. The first-order valence-corrected chi connectivity index (χ1v) is 7.81. The highest BCUT2D eigenvalue weighted by molar-refractivity contribution is 7.09. The van der Waals surface area contributed by atoms with E-state index in [1.807, 2.05) is 23.5 Å². The van der Waals surface area contributed by atoms with Gasteiger partial charge in [-0.2, -0.15) is 0 Å². The molecule has 0 spiro atoms. The molecule has 19 heavy (non-hydrogen) atoms. The first-order chi connectivity index (χ1) is 9.33. The van der Waals surface area contributed by atoms with Crippen molar-refractivity contribution in [3.63, 3.8) is 0 Å². The van der Waals surface area contributed by atoms with Gasteiger partial charge in [-0.15, -0.1) is 11.3 Å². The Kier molecular flexibility index (Phi) is 4.18. The SMILES string of the molecule is Clc1cccc(C2CNCCN2Cc2cccs2)c1. The standard InChI is InChI=1S/C15H17ClN2S/c16-13-4-1-3-12(9-13)15-10-17-6-7-18(15)11-14-5-2-8-19-14/h1-5,8-9,15,17H,6-7,10-11H2. The molecule has 0 aliphatic carbocycles. The van der Waals surface area contributed by atoms with Crippen LogP contribution in [0, 0.1) is 0 Å². The molecule has 2 aromatic rings. The lowest BCUT2D eigenvalue weighted by molar-refractivity contribution is 0.155. The Bertz CT molecular complexity index is 527. The number of hydrogen-bond donors (Lipinski definition) is 1. The molecule has 1 aliphatic rings. The van der Waals surface area contributed by atoms with Crippen molar-refractivity contribution in [1.82, 2.24) is 10.2 Å². The fourth-order valence-corrected chi connectivity index (χ4v) is 3.51. The molecule has 0 radical (unpaired) electrons. The maximum absolute atomic E-state index is 6.12. The molecule has 0 amide bonds. The molecule has 1 aromatic heterocycles. The van der Waals surface area contributed by atoms with Crippen molar-refractivity contribution in [3.8, 4) is 0 Å². The molecule has 0 bridgehead atoms. The van der Waals surface area contributed by atoms with E-state index in [0.717, 1.165) is 31.2 Å². The molecule has 100 valence electrons. The Morgan fingerprint density at radius 1 is 1.32 bits per heavy atom. The maximum atomic E-state index is 6.12. The molecule has 2 heterocycles. The summed E-state index contributed by atoms with van der Waals surface area (Å²) in [4.78, 5) is 3.96. The van der Waals surface area contributed by atoms with Gasteiger partial charge in [0.05, 0.1) is 0 Å². The fraction of sp³-hybridized carbons (Fsp3) is 0.333. The van der Waals surface area contributed by atoms with Crippen LogP contribution in [-0.4, -0.2) is 24.5 Å². The minimum absolute atomic E-state index is 0.412. The van der Waals surface area contributed by atoms with Crippen molar-refractivity contribution < 1.29 is 0 Å². The van der Waals surface area contributed by atoms with Crippen LogP contribution in [-0.2, 0) is 6.54 Å². The predicted octanol–water partition coefficient (Wildman–Crippen LogP) is 3.55. The quantitative estimate of drug-likeness (QED) is 0.931. The Labute approximate surface area is 123 Å². The summed E-state index contributed by atoms with van der Waals surface area (Å²) < 4.78 is 0. The van der Waals surface area contributed by atoms with Crippen molar-refractivity contribution in [2.75, 3.05) is 19.6 Å². The average molecular weight is 293 g/mol. The first-order valence-electron chi connectivity index (χ1n) is 6.55. The molecule has 2 nitrogen and oxygen atoms in total. The van der Waals surface area contributed by atoms with E-state index < -0.39 is 0 Å². The molecule has 1 atom stereocenters. The number of nitrogens with one attached hydrogen (secondary N) is 1. The Balaban J connectivity index is 1.80. The van der Waals surface area contributed by atoms with Gasteiger partial charge in [-0.25, -0.2) is 0 Å². The van der Waals surface area contributed by atoms with E-state index in [2.05, 4.69) is 39.9 Å². The highest BCUT2D eigenvalue weighted by Crippen LogP contribution is 2.27. The van der Waals surface area contributed by atoms with Crippen molar-refractivity contribution in [3.05, 3.63) is 57.2 Å². The van der Waals surface area contributed by atoms with Gasteiger partial charge in [-0.05, 0) is 29.1 Å². The molecule has 1 aliphatic heterocycles. The average Bonchev–Trinajstić information content (AvgIpc) is 2.92. The second-order valence-corrected chi connectivity index (χ2v) is 6.29. The molecule has 0 saturated carbocycles. The minimum atomic E-state index is 0.412. The number of benzene rings is 1. The summed E-state index contributed by atoms with van der Waals surface area (Å²) >= 11 is 7.95. The van der Waals surface area contributed by atoms with Crippen molar-refractivity contribution >= 4 is 22.9 Å². The van der Waals surface area contributed by atoms with E-state index in [9.17, 15) is 0 Å². The topological polar surface area (TPSA) is 15.3 Å². The highest BCUT2D eigenvalue weighted by atomic mass is 35.5. The van der Waals surface area contributed by atoms with Crippen LogP contribution in [0.15, 0.2) is 41.8 Å². The van der Waals surface area contributed by atoms with Crippen LogP contribution in [0.25, 0.3) is 0 Å². The number of halogens is 1. The molecule has 1 N–H and O–H groups in total. The third-order valence-electron chi connectivity index (χ3n) is 3.53. The van der Waals surface area contributed by atoms with Gasteiger partial charge in [-0.3, -0.25) is 4.90 Å². The van der Waals surface area contributed by atoms with Crippen LogP contribution in [0.1, 0.15) is 16.5 Å². The van der Waals surface area contributed by atoms with Gasteiger partial charge in [0.15, 0.2) is 0 Å². The summed E-state index contributed by atoms with van der Waals surface area (Å²) in [5.41, 5.74) is 1.30. The third kappa shape index (κ3) is 3.18. The van der Waals surface area contributed by atoms with Crippen LogP contribution in [0.3, 0.4) is 0 Å². The van der Waals surface area contributed by atoms with Gasteiger partial charge < -0.3 is 5.32 Å². The molecule has 1 fully saturated rings. The van der Waals surface area contributed by atoms with E-state index in [1.165, 1.54) is 10.4 Å². The number of piperazine rings is 1. The second-order valence-electron chi connectivity index (χ2n) is 4.82. The smallest absolute Gasteiger partial charge is 0.0477 e. The maximum Gasteiger partial charge on any atom is 0.0477 e. The summed E-state index contributed by atoms with van der Waals surface area (Å²) in [5, 5.41) is 6.44. The van der Waals surface area contributed by atoms with Gasteiger partial charge in [0.2, 0.25) is 0 Å². The first kappa shape index (κ1) is 13.1. The number of thiophene rings is 1. The lowest BCUT2D eigenvalue weighted by Crippen LogP contribution is -2.45. The van der Waals surface area contributed by atoms with Crippen LogP contribution >= 0.6 is 22.9 Å². The molecule has 1 unspecified atom stereocenters. The van der Waals surface area contributed by atoms with Crippen molar-refractivity contribution in [2.45, 2.75) is 12.6 Å². The third-order valence-corrected chi connectivity index (χ3v) is 4.62. The summed E-state index contributed by atoms with van der Waals surface area (Å²) in [7, 11) is 0. The largest absolute Gasteiger partial charge is 0.314 e. The second kappa shape index (κ2) is 6.06. The zero-order valence-corrected chi connectivity index (χ0v) is 12.3. The number of nitrogens with zero attached hydrogens (tertiary/aromatic N) is 1. The lowest BCUT2D eigenvalue weighted by atomic mass is 10.0. The molecule has 1 aromatic carbocycles. The van der Waals surface area contributed by atoms with Crippen LogP contribution in [0.5, 0.6) is 0 Å². The van der Waals surface area contributed by atoms with Gasteiger partial charge >= 0.3 is 0 Å². The van der Waals surface area contributed by atoms with E-state index in [-0.39, 0.29) is 0 Å². The van der Waals surface area contributed by atoms with Crippen LogP contribution in [0.2, 0.25) is 5.02 Å². The summed E-state index contributed by atoms with van der Waals surface area (Å²) in [6.45, 7) is 4.15. The number of rotatable bonds is 3. The van der Waals surface area contributed by atoms with E-state index in [4.69, 9.17) is 11.6 Å². The molecule has 4 heteroatoms. The highest BCUT2D eigenvalue weighted by Gasteiger charge is 2.24. The Morgan fingerprint density at radius 2 is 2.26 bits per heavy atom. The van der Waals surface area contributed by atoms with Crippen molar-refractivity contribution in [2.24, 2.45) is 0 Å². The van der Waals surface area contributed by atoms with Crippen molar-refractivity contribution in [1.29, 1.82) is 0 Å². The summed E-state index contributed by atoms with van der Waals surface area (Å²) in [5.74, 6) is 0. The van der Waals surface area contributed by atoms with Gasteiger partial charge in [0.25, 0.3) is 0 Å². The Hall–Kier alpha value is -0.870. The normalized spacial score (nSPS) is 20.6. The van der Waals surface area contributed by atoms with E-state index in [0.29, 0.717) is 6.04 Å². The zero-order chi connectivity index (χ0) is 13.1. The van der Waals surface area contributed by atoms with Gasteiger partial charge in [-0.1, -0.05) is 29.8 Å². The van der Waals surface area contributed by atoms with E-state index >= 15 is 0 Å². The van der Waals surface area contributed by atoms with Gasteiger partial charge in [0, 0.05) is 42.1 Å². The van der Waals surface area contributed by atoms with Crippen LogP contribution < -0.4 is 5.32 Å². The fourth-order valence-electron chi connectivity index (χ4n) is 2.58. The number of hydrogen-bond acceptors (Lipinski definition) is 3. The molecular formula is C15H17ClN2S. The zero-order valence-electron chi connectivity index (χ0n) is 10.7. The monoisotopic (exact) mass is 292 g/mol.